The minimum Gasteiger partial charge on any atom is -0.356 e. The molecule has 1 aliphatic rings. The monoisotopic (exact) mass is 464 g/mol. The standard InChI is InChI=1S/C20H21FN4.HI/c1-23-19(24-13-16-11-15(12-22)7-8-18(16)21)25-14-20(9-10-20)17-5-3-2-4-6-17;/h2-8,11H,9-10,13-14H2,1H3,(H2,23,24,25);1H. The summed E-state index contributed by atoms with van der Waals surface area (Å²) in [5, 5.41) is 15.4. The maximum Gasteiger partial charge on any atom is 0.191 e. The average molecular weight is 464 g/mol. The number of hydrogen-bond donors (Lipinski definition) is 2. The molecular weight excluding hydrogens is 442 g/mol. The van der Waals surface area contributed by atoms with Crippen molar-refractivity contribution in [1.29, 1.82) is 5.26 Å². The highest BCUT2D eigenvalue weighted by Crippen LogP contribution is 2.47. The fraction of sp³-hybridized carbons (Fsp3) is 0.300. The van der Waals surface area contributed by atoms with Crippen LogP contribution in [0.15, 0.2) is 53.5 Å². The van der Waals surface area contributed by atoms with E-state index in [2.05, 4.69) is 39.9 Å². The van der Waals surface area contributed by atoms with Gasteiger partial charge in [-0.3, -0.25) is 4.99 Å². The van der Waals surface area contributed by atoms with Gasteiger partial charge in [-0.05, 0) is 36.6 Å². The molecule has 2 aromatic carbocycles. The van der Waals surface area contributed by atoms with Gasteiger partial charge in [0.25, 0.3) is 0 Å². The van der Waals surface area contributed by atoms with Gasteiger partial charge >= 0.3 is 0 Å². The third kappa shape index (κ3) is 4.73. The van der Waals surface area contributed by atoms with Crippen LogP contribution in [0.4, 0.5) is 4.39 Å². The van der Waals surface area contributed by atoms with Crippen LogP contribution in [-0.2, 0) is 12.0 Å². The van der Waals surface area contributed by atoms with E-state index >= 15 is 0 Å². The summed E-state index contributed by atoms with van der Waals surface area (Å²) in [6.45, 7) is 1.07. The number of nitriles is 1. The van der Waals surface area contributed by atoms with E-state index in [1.54, 1.807) is 13.1 Å². The molecule has 0 atom stereocenters. The van der Waals surface area contributed by atoms with Gasteiger partial charge in [0.05, 0.1) is 11.6 Å². The summed E-state index contributed by atoms with van der Waals surface area (Å²) in [5.74, 6) is 0.300. The molecule has 0 saturated heterocycles. The first-order chi connectivity index (χ1) is 12.2. The fourth-order valence-corrected chi connectivity index (χ4v) is 2.94. The molecule has 2 aromatic rings. The van der Waals surface area contributed by atoms with Crippen molar-refractivity contribution >= 4 is 29.9 Å². The quantitative estimate of drug-likeness (QED) is 0.403. The molecule has 0 heterocycles. The van der Waals surface area contributed by atoms with E-state index in [1.165, 1.54) is 17.7 Å². The maximum absolute atomic E-state index is 13.9. The van der Waals surface area contributed by atoms with Crippen LogP contribution in [0, 0.1) is 17.1 Å². The number of nitrogens with one attached hydrogen (secondary N) is 2. The van der Waals surface area contributed by atoms with E-state index in [4.69, 9.17) is 5.26 Å². The Balaban J connectivity index is 0.00000243. The molecule has 1 fully saturated rings. The first kappa shape index (κ1) is 20.2. The maximum atomic E-state index is 13.9. The molecule has 1 aliphatic carbocycles. The predicted octanol–water partition coefficient (Wildman–Crippen LogP) is 3.71. The summed E-state index contributed by atoms with van der Waals surface area (Å²) in [7, 11) is 1.69. The molecular formula is C20H22FIN4. The summed E-state index contributed by atoms with van der Waals surface area (Å²) >= 11 is 0. The first-order valence-corrected chi connectivity index (χ1v) is 8.35. The Labute approximate surface area is 170 Å². The second-order valence-corrected chi connectivity index (χ2v) is 6.34. The minimum absolute atomic E-state index is 0. The van der Waals surface area contributed by atoms with Gasteiger partial charge in [-0.15, -0.1) is 24.0 Å². The van der Waals surface area contributed by atoms with Crippen LogP contribution >= 0.6 is 24.0 Å². The molecule has 0 aliphatic heterocycles. The number of rotatable bonds is 5. The van der Waals surface area contributed by atoms with E-state index in [9.17, 15) is 4.39 Å². The Morgan fingerprint density at radius 3 is 2.54 bits per heavy atom. The largest absolute Gasteiger partial charge is 0.356 e. The van der Waals surface area contributed by atoms with Gasteiger partial charge < -0.3 is 10.6 Å². The number of nitrogens with zero attached hydrogens (tertiary/aromatic N) is 2. The second-order valence-electron chi connectivity index (χ2n) is 6.34. The van der Waals surface area contributed by atoms with Crippen molar-refractivity contribution < 1.29 is 4.39 Å². The number of halogens is 2. The van der Waals surface area contributed by atoms with Gasteiger partial charge in [0.15, 0.2) is 5.96 Å². The van der Waals surface area contributed by atoms with Crippen LogP contribution in [0.1, 0.15) is 29.5 Å². The average Bonchev–Trinajstić information content (AvgIpc) is 3.45. The molecule has 26 heavy (non-hydrogen) atoms. The number of guanidine groups is 1. The third-order valence-electron chi connectivity index (χ3n) is 4.68. The van der Waals surface area contributed by atoms with E-state index in [0.717, 1.165) is 19.4 Å². The molecule has 0 radical (unpaired) electrons. The van der Waals surface area contributed by atoms with Crippen molar-refractivity contribution in [2.75, 3.05) is 13.6 Å². The molecule has 136 valence electrons. The molecule has 4 nitrogen and oxygen atoms in total. The lowest BCUT2D eigenvalue weighted by molar-refractivity contribution is 0.601. The molecule has 0 aromatic heterocycles. The number of benzene rings is 2. The summed E-state index contributed by atoms with van der Waals surface area (Å²) in [6, 6.07) is 16.9. The highest BCUT2D eigenvalue weighted by molar-refractivity contribution is 14.0. The molecule has 0 unspecified atom stereocenters. The van der Waals surface area contributed by atoms with Gasteiger partial charge in [0, 0.05) is 31.1 Å². The van der Waals surface area contributed by atoms with E-state index in [-0.39, 0.29) is 41.8 Å². The SMILES string of the molecule is CN=C(NCc1cc(C#N)ccc1F)NCC1(c2ccccc2)CC1.I. The van der Waals surface area contributed by atoms with E-state index in [1.807, 2.05) is 12.1 Å². The summed E-state index contributed by atoms with van der Waals surface area (Å²) < 4.78 is 13.9. The molecule has 0 bridgehead atoms. The molecule has 6 heteroatoms. The Bertz CT molecular complexity index is 810. The summed E-state index contributed by atoms with van der Waals surface area (Å²) in [6.07, 6.45) is 2.31. The van der Waals surface area contributed by atoms with E-state index < -0.39 is 0 Å². The van der Waals surface area contributed by atoms with Gasteiger partial charge in [0.1, 0.15) is 5.82 Å². The van der Waals surface area contributed by atoms with Crippen molar-refractivity contribution in [3.63, 3.8) is 0 Å². The molecule has 1 saturated carbocycles. The highest BCUT2D eigenvalue weighted by Gasteiger charge is 2.43. The lowest BCUT2D eigenvalue weighted by Gasteiger charge is -2.19. The van der Waals surface area contributed by atoms with Crippen molar-refractivity contribution in [1.82, 2.24) is 10.6 Å². The van der Waals surface area contributed by atoms with Crippen molar-refractivity contribution in [3.05, 3.63) is 71.0 Å². The third-order valence-corrected chi connectivity index (χ3v) is 4.68. The normalized spacial score (nSPS) is 14.7. The lowest BCUT2D eigenvalue weighted by atomic mass is 9.96. The zero-order chi connectivity index (χ0) is 17.7. The zero-order valence-corrected chi connectivity index (χ0v) is 17.0. The zero-order valence-electron chi connectivity index (χ0n) is 14.6. The summed E-state index contributed by atoms with van der Waals surface area (Å²) in [4.78, 5) is 4.21. The lowest BCUT2D eigenvalue weighted by Crippen LogP contribution is -2.41. The van der Waals surface area contributed by atoms with Crippen LogP contribution < -0.4 is 10.6 Å². The van der Waals surface area contributed by atoms with Gasteiger partial charge in [-0.2, -0.15) is 5.26 Å². The molecule has 3 rings (SSSR count). The Morgan fingerprint density at radius 1 is 1.19 bits per heavy atom. The second kappa shape index (κ2) is 8.99. The van der Waals surface area contributed by atoms with Crippen LogP contribution in [0.5, 0.6) is 0 Å². The Hall–Kier alpha value is -2.14. The fourth-order valence-electron chi connectivity index (χ4n) is 2.94. The Kier molecular flexibility index (Phi) is 6.98. The van der Waals surface area contributed by atoms with Crippen LogP contribution in [0.25, 0.3) is 0 Å². The van der Waals surface area contributed by atoms with Crippen molar-refractivity contribution in [3.8, 4) is 6.07 Å². The molecule has 2 N–H and O–H groups in total. The van der Waals surface area contributed by atoms with Crippen LogP contribution in [0.3, 0.4) is 0 Å². The van der Waals surface area contributed by atoms with E-state index in [0.29, 0.717) is 17.1 Å². The van der Waals surface area contributed by atoms with Gasteiger partial charge in [-0.1, -0.05) is 30.3 Å². The predicted molar refractivity (Wildman–Crippen MR) is 112 cm³/mol. The number of hydrogen-bond acceptors (Lipinski definition) is 2. The Morgan fingerprint density at radius 2 is 1.92 bits per heavy atom. The van der Waals surface area contributed by atoms with Crippen molar-refractivity contribution in [2.45, 2.75) is 24.8 Å². The first-order valence-electron chi connectivity index (χ1n) is 8.35. The van der Waals surface area contributed by atoms with Gasteiger partial charge in [0.2, 0.25) is 0 Å². The minimum atomic E-state index is -0.329. The highest BCUT2D eigenvalue weighted by atomic mass is 127. The number of aliphatic imine (C=N–C) groups is 1. The topological polar surface area (TPSA) is 60.2 Å². The summed E-state index contributed by atoms with van der Waals surface area (Å²) in [5.41, 5.74) is 2.41. The smallest absolute Gasteiger partial charge is 0.191 e. The van der Waals surface area contributed by atoms with Crippen LogP contribution in [-0.4, -0.2) is 19.6 Å². The van der Waals surface area contributed by atoms with Crippen molar-refractivity contribution in [2.24, 2.45) is 4.99 Å². The van der Waals surface area contributed by atoms with Crippen LogP contribution in [0.2, 0.25) is 0 Å². The van der Waals surface area contributed by atoms with Gasteiger partial charge in [-0.25, -0.2) is 4.39 Å². The molecule has 0 amide bonds. The molecule has 0 spiro atoms.